The summed E-state index contributed by atoms with van der Waals surface area (Å²) >= 11 is 0. The molecule has 1 heterocycles. The maximum atomic E-state index is 12.6. The number of hydrogen-bond acceptors (Lipinski definition) is 4. The van der Waals surface area contributed by atoms with E-state index >= 15 is 0 Å². The van der Waals surface area contributed by atoms with Gasteiger partial charge in [-0.05, 0) is 18.6 Å². The minimum atomic E-state index is -0.00340. The lowest BCUT2D eigenvalue weighted by molar-refractivity contribution is -0.123. The highest BCUT2D eigenvalue weighted by atomic mass is 35.5. The molecule has 5 nitrogen and oxygen atoms in total. The maximum Gasteiger partial charge on any atom is 0.234 e. The second kappa shape index (κ2) is 10.3. The van der Waals surface area contributed by atoms with Crippen LogP contribution in [0.2, 0.25) is 0 Å². The Balaban J connectivity index is 0.00000261. The number of rotatable bonds is 6. The van der Waals surface area contributed by atoms with Crippen molar-refractivity contribution in [2.24, 2.45) is 0 Å². The molecule has 6 heteroatoms. The number of ether oxygens (including phenoxy) is 1. The summed E-state index contributed by atoms with van der Waals surface area (Å²) in [7, 11) is 1.69. The molecule has 27 heavy (non-hydrogen) atoms. The average molecular weight is 390 g/mol. The molecular weight excluding hydrogens is 362 g/mol. The number of carbonyl (C=O) groups is 1. The zero-order chi connectivity index (χ0) is 18.4. The first kappa shape index (κ1) is 21.2. The van der Waals surface area contributed by atoms with E-state index in [9.17, 15) is 4.79 Å². The van der Waals surface area contributed by atoms with Gasteiger partial charge < -0.3 is 15.4 Å². The van der Waals surface area contributed by atoms with Crippen molar-refractivity contribution in [3.8, 4) is 5.75 Å². The number of para-hydroxylation sites is 1. The summed E-state index contributed by atoms with van der Waals surface area (Å²) in [5.74, 6) is 0.910. The highest BCUT2D eigenvalue weighted by Gasteiger charge is 2.27. The molecule has 1 aliphatic heterocycles. The van der Waals surface area contributed by atoms with Gasteiger partial charge in [0.2, 0.25) is 5.91 Å². The Labute approximate surface area is 167 Å². The van der Waals surface area contributed by atoms with Crippen LogP contribution in [0.5, 0.6) is 5.75 Å². The van der Waals surface area contributed by atoms with Gasteiger partial charge in [0, 0.05) is 25.2 Å². The fourth-order valence-corrected chi connectivity index (χ4v) is 3.48. The van der Waals surface area contributed by atoms with Gasteiger partial charge in [-0.1, -0.05) is 48.5 Å². The van der Waals surface area contributed by atoms with E-state index in [-0.39, 0.29) is 30.4 Å². The van der Waals surface area contributed by atoms with Crippen molar-refractivity contribution in [1.29, 1.82) is 0 Å². The van der Waals surface area contributed by atoms with Crippen LogP contribution in [0.25, 0.3) is 0 Å². The van der Waals surface area contributed by atoms with Gasteiger partial charge in [0.05, 0.1) is 25.7 Å². The van der Waals surface area contributed by atoms with E-state index in [1.807, 2.05) is 55.5 Å². The van der Waals surface area contributed by atoms with Gasteiger partial charge >= 0.3 is 0 Å². The predicted octanol–water partition coefficient (Wildman–Crippen LogP) is 2.94. The van der Waals surface area contributed by atoms with Crippen LogP contribution >= 0.6 is 12.4 Å². The summed E-state index contributed by atoms with van der Waals surface area (Å²) in [5, 5.41) is 6.54. The van der Waals surface area contributed by atoms with E-state index in [1.54, 1.807) is 7.11 Å². The summed E-state index contributed by atoms with van der Waals surface area (Å²) in [4.78, 5) is 14.8. The molecule has 1 fully saturated rings. The molecule has 2 unspecified atom stereocenters. The monoisotopic (exact) mass is 389 g/mol. The quantitative estimate of drug-likeness (QED) is 0.797. The van der Waals surface area contributed by atoms with Crippen LogP contribution in [-0.2, 0) is 4.79 Å². The van der Waals surface area contributed by atoms with Crippen molar-refractivity contribution in [2.75, 3.05) is 33.3 Å². The topological polar surface area (TPSA) is 53.6 Å². The van der Waals surface area contributed by atoms with Gasteiger partial charge in [0.25, 0.3) is 0 Å². The first-order valence-corrected chi connectivity index (χ1v) is 9.11. The van der Waals surface area contributed by atoms with E-state index < -0.39 is 0 Å². The number of amides is 1. The molecule has 0 aromatic heterocycles. The molecule has 2 aromatic carbocycles. The molecule has 2 N–H and O–H groups in total. The molecule has 0 saturated carbocycles. The minimum Gasteiger partial charge on any atom is -0.496 e. The van der Waals surface area contributed by atoms with Crippen LogP contribution < -0.4 is 15.4 Å². The number of carbonyl (C=O) groups excluding carboxylic acids is 1. The van der Waals surface area contributed by atoms with Crippen LogP contribution in [0.3, 0.4) is 0 Å². The van der Waals surface area contributed by atoms with Crippen LogP contribution in [0, 0.1) is 0 Å². The van der Waals surface area contributed by atoms with Gasteiger partial charge in [-0.2, -0.15) is 0 Å². The maximum absolute atomic E-state index is 12.6. The molecule has 2 atom stereocenters. The number of nitrogens with one attached hydrogen (secondary N) is 2. The van der Waals surface area contributed by atoms with E-state index in [0.717, 1.165) is 36.5 Å². The third-order valence-electron chi connectivity index (χ3n) is 4.88. The molecule has 146 valence electrons. The largest absolute Gasteiger partial charge is 0.496 e. The third kappa shape index (κ3) is 5.45. The zero-order valence-corrected chi connectivity index (χ0v) is 16.7. The second-order valence-electron chi connectivity index (χ2n) is 6.63. The summed E-state index contributed by atoms with van der Waals surface area (Å²) in [6, 6.07) is 18.2. The first-order valence-electron chi connectivity index (χ1n) is 9.11. The average Bonchev–Trinajstić information content (AvgIpc) is 2.69. The molecule has 0 aliphatic carbocycles. The zero-order valence-electron chi connectivity index (χ0n) is 15.9. The number of nitrogens with zero attached hydrogens (tertiary/aromatic N) is 1. The molecule has 2 aromatic rings. The molecule has 1 saturated heterocycles. The molecule has 3 rings (SSSR count). The van der Waals surface area contributed by atoms with Gasteiger partial charge in [-0.25, -0.2) is 0 Å². The number of piperazine rings is 1. The molecular formula is C21H28ClN3O2. The number of methoxy groups -OCH3 is 1. The SMILES string of the molecule is COc1ccccc1C1CNCCN1CC(=O)NC(C)c1ccccc1.Cl. The third-order valence-corrected chi connectivity index (χ3v) is 4.88. The molecule has 0 radical (unpaired) electrons. The number of hydrogen-bond donors (Lipinski definition) is 2. The molecule has 1 amide bonds. The van der Waals surface area contributed by atoms with Gasteiger partial charge in [0.15, 0.2) is 0 Å². The molecule has 1 aliphatic rings. The minimum absolute atomic E-state index is 0. The smallest absolute Gasteiger partial charge is 0.234 e. The lowest BCUT2D eigenvalue weighted by Crippen LogP contribution is -2.49. The first-order chi connectivity index (χ1) is 12.7. The fourth-order valence-electron chi connectivity index (χ4n) is 3.48. The summed E-state index contributed by atoms with van der Waals surface area (Å²) in [6.45, 7) is 4.91. The lowest BCUT2D eigenvalue weighted by Gasteiger charge is -2.36. The Morgan fingerprint density at radius 2 is 1.93 bits per heavy atom. The van der Waals surface area contributed by atoms with E-state index in [1.165, 1.54) is 0 Å². The summed E-state index contributed by atoms with van der Waals surface area (Å²) < 4.78 is 5.52. The lowest BCUT2D eigenvalue weighted by atomic mass is 10.0. The van der Waals surface area contributed by atoms with E-state index in [2.05, 4.69) is 21.6 Å². The van der Waals surface area contributed by atoms with Crippen molar-refractivity contribution in [3.63, 3.8) is 0 Å². The highest BCUT2D eigenvalue weighted by molar-refractivity contribution is 5.85. The van der Waals surface area contributed by atoms with Crippen LogP contribution in [0.1, 0.15) is 30.1 Å². The number of halogens is 1. The summed E-state index contributed by atoms with van der Waals surface area (Å²) in [6.07, 6.45) is 0. The predicted molar refractivity (Wildman–Crippen MR) is 110 cm³/mol. The van der Waals surface area contributed by atoms with Crippen LogP contribution in [-0.4, -0.2) is 44.1 Å². The highest BCUT2D eigenvalue weighted by Crippen LogP contribution is 2.29. The fraction of sp³-hybridized carbons (Fsp3) is 0.381. The Hall–Kier alpha value is -2.08. The van der Waals surface area contributed by atoms with Gasteiger partial charge in [0.1, 0.15) is 5.75 Å². The Kier molecular flexibility index (Phi) is 8.10. The molecule has 0 bridgehead atoms. The van der Waals surface area contributed by atoms with E-state index in [0.29, 0.717) is 6.54 Å². The Morgan fingerprint density at radius 3 is 2.67 bits per heavy atom. The van der Waals surface area contributed by atoms with Crippen molar-refractivity contribution in [3.05, 3.63) is 65.7 Å². The van der Waals surface area contributed by atoms with E-state index in [4.69, 9.17) is 4.74 Å². The van der Waals surface area contributed by atoms with Crippen LogP contribution in [0.4, 0.5) is 0 Å². The van der Waals surface area contributed by atoms with Gasteiger partial charge in [-0.15, -0.1) is 12.4 Å². The van der Waals surface area contributed by atoms with Crippen molar-refractivity contribution >= 4 is 18.3 Å². The van der Waals surface area contributed by atoms with Gasteiger partial charge in [-0.3, -0.25) is 9.69 Å². The Morgan fingerprint density at radius 1 is 1.22 bits per heavy atom. The van der Waals surface area contributed by atoms with Crippen molar-refractivity contribution in [1.82, 2.24) is 15.5 Å². The Bertz CT molecular complexity index is 726. The number of benzene rings is 2. The van der Waals surface area contributed by atoms with Crippen molar-refractivity contribution in [2.45, 2.75) is 19.0 Å². The summed E-state index contributed by atoms with van der Waals surface area (Å²) in [5.41, 5.74) is 2.23. The standard InChI is InChI=1S/C21H27N3O2.ClH/c1-16(17-8-4-3-5-9-17)23-21(25)15-24-13-12-22-14-19(24)18-10-6-7-11-20(18)26-2;/h3-11,16,19,22H,12-15H2,1-2H3,(H,23,25);1H. The second-order valence-corrected chi connectivity index (χ2v) is 6.63. The normalized spacial score (nSPS) is 18.2. The van der Waals surface area contributed by atoms with Crippen molar-refractivity contribution < 1.29 is 9.53 Å². The van der Waals surface area contributed by atoms with Crippen LogP contribution in [0.15, 0.2) is 54.6 Å². The molecule has 0 spiro atoms.